The van der Waals surface area contributed by atoms with Gasteiger partial charge in [-0.1, -0.05) is 42.3 Å². The van der Waals surface area contributed by atoms with E-state index in [1.807, 2.05) is 37.3 Å². The van der Waals surface area contributed by atoms with E-state index in [4.69, 9.17) is 14.5 Å². The number of halogens is 1. The molecule has 0 saturated heterocycles. The SMILES string of the molecule is CCCCc1nc2ccc(Br)cc2c(=O)n1N=Cc1cccc(OC)c1O[C@@H](C)CC. The van der Waals surface area contributed by atoms with Crippen LogP contribution in [0.15, 0.2) is 50.8 Å². The fourth-order valence-electron chi connectivity index (χ4n) is 3.14. The van der Waals surface area contributed by atoms with Gasteiger partial charge in [-0.05, 0) is 50.1 Å². The highest BCUT2D eigenvalue weighted by atomic mass is 79.9. The summed E-state index contributed by atoms with van der Waals surface area (Å²) in [6.07, 6.45) is 5.11. The second-order valence-electron chi connectivity index (χ2n) is 7.37. The van der Waals surface area contributed by atoms with E-state index in [1.165, 1.54) is 4.68 Å². The van der Waals surface area contributed by atoms with Crippen molar-refractivity contribution >= 4 is 33.0 Å². The van der Waals surface area contributed by atoms with Crippen molar-refractivity contribution in [2.24, 2.45) is 5.10 Å². The quantitative estimate of drug-likeness (QED) is 0.371. The van der Waals surface area contributed by atoms with Crippen molar-refractivity contribution in [3.05, 3.63) is 62.6 Å². The lowest BCUT2D eigenvalue weighted by molar-refractivity contribution is 0.207. The van der Waals surface area contributed by atoms with E-state index in [0.717, 1.165) is 29.3 Å². The van der Waals surface area contributed by atoms with Gasteiger partial charge in [-0.15, -0.1) is 0 Å². The van der Waals surface area contributed by atoms with E-state index >= 15 is 0 Å². The van der Waals surface area contributed by atoms with Gasteiger partial charge in [-0.2, -0.15) is 9.78 Å². The maximum Gasteiger partial charge on any atom is 0.282 e. The maximum atomic E-state index is 13.3. The molecule has 1 atom stereocenters. The Morgan fingerprint density at radius 2 is 2.06 bits per heavy atom. The Kier molecular flexibility index (Phi) is 7.85. The zero-order chi connectivity index (χ0) is 22.4. The monoisotopic (exact) mass is 485 g/mol. The van der Waals surface area contributed by atoms with Gasteiger partial charge in [0.25, 0.3) is 5.56 Å². The molecule has 164 valence electrons. The Morgan fingerprint density at radius 1 is 1.26 bits per heavy atom. The Labute approximate surface area is 191 Å². The molecule has 1 heterocycles. The van der Waals surface area contributed by atoms with Crippen molar-refractivity contribution in [3.8, 4) is 11.5 Å². The van der Waals surface area contributed by atoms with Crippen LogP contribution in [0.3, 0.4) is 0 Å². The van der Waals surface area contributed by atoms with E-state index in [-0.39, 0.29) is 11.7 Å². The molecule has 0 aliphatic heterocycles. The Bertz CT molecular complexity index is 1140. The topological polar surface area (TPSA) is 65.7 Å². The van der Waals surface area contributed by atoms with Crippen molar-refractivity contribution in [2.45, 2.75) is 52.6 Å². The second-order valence-corrected chi connectivity index (χ2v) is 8.29. The Morgan fingerprint density at radius 3 is 2.77 bits per heavy atom. The van der Waals surface area contributed by atoms with Crippen molar-refractivity contribution in [1.82, 2.24) is 9.66 Å². The van der Waals surface area contributed by atoms with Crippen LogP contribution in [0, 0.1) is 0 Å². The van der Waals surface area contributed by atoms with E-state index in [0.29, 0.717) is 34.6 Å². The molecule has 0 unspecified atom stereocenters. The van der Waals surface area contributed by atoms with Crippen LogP contribution in [0.5, 0.6) is 11.5 Å². The molecule has 0 aliphatic rings. The van der Waals surface area contributed by atoms with Crippen LogP contribution in [0.25, 0.3) is 10.9 Å². The molecule has 6 nitrogen and oxygen atoms in total. The molecule has 7 heteroatoms. The highest BCUT2D eigenvalue weighted by Gasteiger charge is 2.14. The summed E-state index contributed by atoms with van der Waals surface area (Å²) in [6, 6.07) is 11.1. The lowest BCUT2D eigenvalue weighted by Crippen LogP contribution is -2.22. The minimum absolute atomic E-state index is 0.0194. The first-order chi connectivity index (χ1) is 15.0. The summed E-state index contributed by atoms with van der Waals surface area (Å²) in [5, 5.41) is 5.07. The van der Waals surface area contributed by atoms with E-state index in [9.17, 15) is 4.79 Å². The van der Waals surface area contributed by atoms with Gasteiger partial charge in [0.2, 0.25) is 0 Å². The van der Waals surface area contributed by atoms with Gasteiger partial charge in [-0.3, -0.25) is 4.79 Å². The number of nitrogens with zero attached hydrogens (tertiary/aromatic N) is 3. The normalized spacial score (nSPS) is 12.4. The van der Waals surface area contributed by atoms with Crippen molar-refractivity contribution < 1.29 is 9.47 Å². The van der Waals surface area contributed by atoms with Gasteiger partial charge in [0.1, 0.15) is 5.82 Å². The average molecular weight is 486 g/mol. The van der Waals surface area contributed by atoms with E-state index in [2.05, 4.69) is 34.9 Å². The van der Waals surface area contributed by atoms with E-state index in [1.54, 1.807) is 19.4 Å². The molecule has 3 rings (SSSR count). The number of fused-ring (bicyclic) bond motifs is 1. The molecular formula is C24H28BrN3O3. The molecule has 1 aromatic heterocycles. The number of unbranched alkanes of at least 4 members (excludes halogenated alkanes) is 1. The van der Waals surface area contributed by atoms with Gasteiger partial charge in [0, 0.05) is 16.5 Å². The van der Waals surface area contributed by atoms with Crippen LogP contribution in [-0.2, 0) is 6.42 Å². The molecule has 0 fully saturated rings. The molecule has 2 aromatic carbocycles. The average Bonchev–Trinajstić information content (AvgIpc) is 2.78. The molecule has 0 amide bonds. The first-order valence-corrected chi connectivity index (χ1v) is 11.4. The zero-order valence-corrected chi connectivity index (χ0v) is 20.0. The molecule has 0 saturated carbocycles. The van der Waals surface area contributed by atoms with Crippen molar-refractivity contribution in [2.75, 3.05) is 7.11 Å². The van der Waals surface area contributed by atoms with Gasteiger partial charge in [-0.25, -0.2) is 4.98 Å². The molecule has 31 heavy (non-hydrogen) atoms. The van der Waals surface area contributed by atoms with Crippen LogP contribution in [0.4, 0.5) is 0 Å². The summed E-state index contributed by atoms with van der Waals surface area (Å²) in [7, 11) is 1.61. The maximum absolute atomic E-state index is 13.3. The van der Waals surface area contributed by atoms with Crippen molar-refractivity contribution in [1.29, 1.82) is 0 Å². The van der Waals surface area contributed by atoms with E-state index < -0.39 is 0 Å². The molecule has 3 aromatic rings. The molecule has 0 bridgehead atoms. The van der Waals surface area contributed by atoms with Crippen LogP contribution < -0.4 is 15.0 Å². The first-order valence-electron chi connectivity index (χ1n) is 10.6. The number of methoxy groups -OCH3 is 1. The number of benzene rings is 2. The minimum Gasteiger partial charge on any atom is -0.493 e. The predicted molar refractivity (Wildman–Crippen MR) is 129 cm³/mol. The van der Waals surface area contributed by atoms with Gasteiger partial charge >= 0.3 is 0 Å². The largest absolute Gasteiger partial charge is 0.493 e. The highest BCUT2D eigenvalue weighted by molar-refractivity contribution is 9.10. The lowest BCUT2D eigenvalue weighted by Gasteiger charge is -2.17. The van der Waals surface area contributed by atoms with Crippen molar-refractivity contribution in [3.63, 3.8) is 0 Å². The third-order valence-corrected chi connectivity index (χ3v) is 5.56. The van der Waals surface area contributed by atoms with Gasteiger partial charge < -0.3 is 9.47 Å². The van der Waals surface area contributed by atoms with Gasteiger partial charge in [0.05, 0.1) is 30.3 Å². The first kappa shape index (κ1) is 23.0. The smallest absolute Gasteiger partial charge is 0.282 e. The molecule has 0 radical (unpaired) electrons. The van der Waals surface area contributed by atoms with Crippen LogP contribution in [0.1, 0.15) is 51.4 Å². The Balaban J connectivity index is 2.12. The summed E-state index contributed by atoms with van der Waals surface area (Å²) in [6.45, 7) is 6.18. The summed E-state index contributed by atoms with van der Waals surface area (Å²) in [5.74, 6) is 1.89. The second kappa shape index (κ2) is 10.6. The fraction of sp³-hybridized carbons (Fsp3) is 0.375. The zero-order valence-electron chi connectivity index (χ0n) is 18.4. The lowest BCUT2D eigenvalue weighted by atomic mass is 10.2. The third kappa shape index (κ3) is 5.34. The Hall–Kier alpha value is -2.67. The van der Waals surface area contributed by atoms with Crippen LogP contribution >= 0.6 is 15.9 Å². The summed E-state index contributed by atoms with van der Waals surface area (Å²) in [5.41, 5.74) is 1.22. The number of hydrogen-bond donors (Lipinski definition) is 0. The number of ether oxygens (including phenoxy) is 2. The fourth-order valence-corrected chi connectivity index (χ4v) is 3.50. The minimum atomic E-state index is -0.194. The summed E-state index contributed by atoms with van der Waals surface area (Å²) >= 11 is 3.44. The predicted octanol–water partition coefficient (Wildman–Crippen LogP) is 5.57. The summed E-state index contributed by atoms with van der Waals surface area (Å²) < 4.78 is 13.8. The molecule has 0 spiro atoms. The molecular weight excluding hydrogens is 458 g/mol. The summed E-state index contributed by atoms with van der Waals surface area (Å²) in [4.78, 5) is 18.0. The number of rotatable bonds is 9. The molecule has 0 N–H and O–H groups in total. The third-order valence-electron chi connectivity index (χ3n) is 5.06. The number of hydrogen-bond acceptors (Lipinski definition) is 5. The van der Waals surface area contributed by atoms with Gasteiger partial charge in [0.15, 0.2) is 11.5 Å². The van der Waals surface area contributed by atoms with Crippen LogP contribution in [-0.4, -0.2) is 29.1 Å². The molecule has 0 aliphatic carbocycles. The number of aromatic nitrogens is 2. The standard InChI is InChI=1S/C24H28BrN3O3/c1-5-7-11-22-27-20-13-12-18(25)14-19(20)24(29)28(22)26-15-17-9-8-10-21(30-4)23(17)31-16(3)6-2/h8-10,12-16H,5-7,11H2,1-4H3/t16-/m0/s1. The number of para-hydroxylation sites is 1. The number of aryl methyl sites for hydroxylation is 1. The highest BCUT2D eigenvalue weighted by Crippen LogP contribution is 2.31. The van der Waals surface area contributed by atoms with Crippen LogP contribution in [0.2, 0.25) is 0 Å².